The molecule has 2 nitrogen and oxygen atoms in total. The first-order valence-corrected chi connectivity index (χ1v) is 7.69. The Morgan fingerprint density at radius 3 is 3.05 bits per heavy atom. The molecule has 1 aromatic rings. The van der Waals surface area contributed by atoms with Crippen LogP contribution in [0.3, 0.4) is 0 Å². The zero-order chi connectivity index (χ0) is 13.9. The smallest absolute Gasteiger partial charge is 0.158 e. The minimum Gasteiger partial charge on any atom is -0.493 e. The van der Waals surface area contributed by atoms with E-state index < -0.39 is 0 Å². The zero-order valence-electron chi connectivity index (χ0n) is 12.2. The van der Waals surface area contributed by atoms with E-state index in [2.05, 4.69) is 25.1 Å². The van der Waals surface area contributed by atoms with E-state index in [4.69, 9.17) is 4.74 Å². The van der Waals surface area contributed by atoms with Gasteiger partial charge in [-0.1, -0.05) is 25.1 Å². The third-order valence-electron chi connectivity index (χ3n) is 4.43. The summed E-state index contributed by atoms with van der Waals surface area (Å²) in [5.74, 6) is 2.10. The van der Waals surface area contributed by atoms with E-state index in [1.54, 1.807) is 0 Å². The van der Waals surface area contributed by atoms with Gasteiger partial charge >= 0.3 is 0 Å². The van der Waals surface area contributed by atoms with E-state index in [-0.39, 0.29) is 0 Å². The number of rotatable bonds is 4. The van der Waals surface area contributed by atoms with Crippen LogP contribution in [-0.4, -0.2) is 12.4 Å². The van der Waals surface area contributed by atoms with Crippen molar-refractivity contribution in [1.29, 1.82) is 0 Å². The second-order valence-corrected chi connectivity index (χ2v) is 6.07. The third kappa shape index (κ3) is 2.95. The van der Waals surface area contributed by atoms with Gasteiger partial charge in [0.1, 0.15) is 5.75 Å². The number of aryl methyl sites for hydroxylation is 1. The molecule has 2 heteroatoms. The number of carbonyl (C=O) groups is 1. The first kappa shape index (κ1) is 13.4. The fraction of sp³-hybridized carbons (Fsp3) is 0.500. The van der Waals surface area contributed by atoms with Crippen LogP contribution in [0.2, 0.25) is 0 Å². The second kappa shape index (κ2) is 5.82. The van der Waals surface area contributed by atoms with Gasteiger partial charge < -0.3 is 4.74 Å². The van der Waals surface area contributed by atoms with Gasteiger partial charge in [0.05, 0.1) is 6.61 Å². The number of allylic oxidation sites excluding steroid dienone is 2. The average Bonchev–Trinajstić information content (AvgIpc) is 2.93. The summed E-state index contributed by atoms with van der Waals surface area (Å²) in [6.45, 7) is 3.05. The Bertz CT molecular complexity index is 542. The molecule has 3 rings (SSSR count). The molecule has 0 saturated carbocycles. The fourth-order valence-corrected chi connectivity index (χ4v) is 3.03. The van der Waals surface area contributed by atoms with Crippen molar-refractivity contribution in [3.63, 3.8) is 0 Å². The van der Waals surface area contributed by atoms with Crippen LogP contribution in [-0.2, 0) is 17.6 Å². The number of fused-ring (bicyclic) bond motifs is 1. The Morgan fingerprint density at radius 1 is 1.35 bits per heavy atom. The summed E-state index contributed by atoms with van der Waals surface area (Å²) in [6.07, 6.45) is 7.84. The lowest BCUT2D eigenvalue weighted by molar-refractivity contribution is -0.115. The van der Waals surface area contributed by atoms with E-state index >= 15 is 0 Å². The SMILES string of the molecule is CC1CC=C(C(=O)CCc2ccc3c(c2)CCO3)CC1. The average molecular weight is 270 g/mol. The summed E-state index contributed by atoms with van der Waals surface area (Å²) < 4.78 is 5.51. The number of hydrogen-bond donors (Lipinski definition) is 0. The number of Topliss-reactive ketones (excluding diaryl/α,β-unsaturated/α-hetero) is 1. The summed E-state index contributed by atoms with van der Waals surface area (Å²) >= 11 is 0. The Balaban J connectivity index is 1.58. The second-order valence-electron chi connectivity index (χ2n) is 6.07. The van der Waals surface area contributed by atoms with Gasteiger partial charge in [-0.15, -0.1) is 0 Å². The largest absolute Gasteiger partial charge is 0.493 e. The molecular formula is C18H22O2. The van der Waals surface area contributed by atoms with E-state index in [9.17, 15) is 4.79 Å². The first-order chi connectivity index (χ1) is 9.72. The van der Waals surface area contributed by atoms with Crippen LogP contribution in [0.4, 0.5) is 0 Å². The number of carbonyl (C=O) groups excluding carboxylic acids is 1. The lowest BCUT2D eigenvalue weighted by atomic mass is 9.88. The van der Waals surface area contributed by atoms with Crippen molar-refractivity contribution in [3.8, 4) is 5.75 Å². The van der Waals surface area contributed by atoms with Crippen LogP contribution >= 0.6 is 0 Å². The van der Waals surface area contributed by atoms with E-state index in [0.717, 1.165) is 56.0 Å². The molecule has 1 heterocycles. The number of ketones is 1. The molecule has 1 aromatic carbocycles. The third-order valence-corrected chi connectivity index (χ3v) is 4.43. The van der Waals surface area contributed by atoms with Crippen LogP contribution in [0.1, 0.15) is 43.7 Å². The molecule has 0 saturated heterocycles. The summed E-state index contributed by atoms with van der Waals surface area (Å²) in [7, 11) is 0. The molecule has 1 aliphatic heterocycles. The molecule has 1 unspecified atom stereocenters. The highest BCUT2D eigenvalue weighted by atomic mass is 16.5. The lowest BCUT2D eigenvalue weighted by Gasteiger charge is -2.17. The van der Waals surface area contributed by atoms with Crippen molar-refractivity contribution < 1.29 is 9.53 Å². The van der Waals surface area contributed by atoms with Gasteiger partial charge in [0.25, 0.3) is 0 Å². The predicted molar refractivity (Wildman–Crippen MR) is 80.1 cm³/mol. The maximum Gasteiger partial charge on any atom is 0.158 e. The molecule has 0 N–H and O–H groups in total. The molecule has 1 atom stereocenters. The molecule has 106 valence electrons. The first-order valence-electron chi connectivity index (χ1n) is 7.69. The van der Waals surface area contributed by atoms with Crippen molar-refractivity contribution in [2.75, 3.05) is 6.61 Å². The molecule has 20 heavy (non-hydrogen) atoms. The van der Waals surface area contributed by atoms with Crippen molar-refractivity contribution in [3.05, 3.63) is 41.0 Å². The summed E-state index contributed by atoms with van der Waals surface area (Å²) in [4.78, 5) is 12.2. The van der Waals surface area contributed by atoms with E-state index in [0.29, 0.717) is 12.2 Å². The van der Waals surface area contributed by atoms with Crippen molar-refractivity contribution in [2.45, 2.75) is 45.4 Å². The van der Waals surface area contributed by atoms with Gasteiger partial charge in [0.15, 0.2) is 5.78 Å². The van der Waals surface area contributed by atoms with E-state index in [1.807, 2.05) is 6.07 Å². The monoisotopic (exact) mass is 270 g/mol. The minimum atomic E-state index is 0.341. The highest BCUT2D eigenvalue weighted by molar-refractivity contribution is 5.95. The quantitative estimate of drug-likeness (QED) is 0.830. The molecule has 0 fully saturated rings. The maximum absolute atomic E-state index is 12.2. The fourth-order valence-electron chi connectivity index (χ4n) is 3.03. The Kier molecular flexibility index (Phi) is 3.90. The number of benzene rings is 1. The van der Waals surface area contributed by atoms with Crippen LogP contribution in [0.25, 0.3) is 0 Å². The van der Waals surface area contributed by atoms with E-state index in [1.165, 1.54) is 11.1 Å². The Labute approximate surface area is 120 Å². The van der Waals surface area contributed by atoms with Gasteiger partial charge in [0, 0.05) is 12.8 Å². The summed E-state index contributed by atoms with van der Waals surface area (Å²) in [5.41, 5.74) is 3.61. The predicted octanol–water partition coefficient (Wildman–Crippen LogP) is 3.87. The van der Waals surface area contributed by atoms with Crippen LogP contribution in [0.15, 0.2) is 29.8 Å². The molecule has 0 amide bonds. The Morgan fingerprint density at radius 2 is 2.25 bits per heavy atom. The summed E-state index contributed by atoms with van der Waals surface area (Å²) in [5, 5.41) is 0. The molecule has 0 aromatic heterocycles. The van der Waals surface area contributed by atoms with Gasteiger partial charge in [0.2, 0.25) is 0 Å². The van der Waals surface area contributed by atoms with Crippen molar-refractivity contribution in [1.82, 2.24) is 0 Å². The lowest BCUT2D eigenvalue weighted by Crippen LogP contribution is -2.10. The van der Waals surface area contributed by atoms with Crippen molar-refractivity contribution in [2.24, 2.45) is 5.92 Å². The zero-order valence-corrected chi connectivity index (χ0v) is 12.2. The highest BCUT2D eigenvalue weighted by Gasteiger charge is 2.16. The van der Waals surface area contributed by atoms with Crippen LogP contribution in [0.5, 0.6) is 5.75 Å². The molecule has 0 spiro atoms. The minimum absolute atomic E-state index is 0.341. The van der Waals surface area contributed by atoms with Gasteiger partial charge in [-0.05, 0) is 54.4 Å². The highest BCUT2D eigenvalue weighted by Crippen LogP contribution is 2.27. The molecule has 1 aliphatic carbocycles. The maximum atomic E-state index is 12.2. The topological polar surface area (TPSA) is 26.3 Å². The van der Waals surface area contributed by atoms with Gasteiger partial charge in [-0.25, -0.2) is 0 Å². The normalized spacial score (nSPS) is 21.1. The molecule has 0 bridgehead atoms. The van der Waals surface area contributed by atoms with Gasteiger partial charge in [-0.2, -0.15) is 0 Å². The molecule has 2 aliphatic rings. The van der Waals surface area contributed by atoms with Crippen LogP contribution in [0, 0.1) is 5.92 Å². The standard InChI is InChI=1S/C18H22O2/c1-13-2-6-15(7-3-13)17(19)8-4-14-5-9-18-16(12-14)10-11-20-18/h5-6,9,12-13H,2-4,7-8,10-11H2,1H3. The van der Waals surface area contributed by atoms with Crippen molar-refractivity contribution >= 4 is 5.78 Å². The molecular weight excluding hydrogens is 248 g/mol. The molecule has 0 radical (unpaired) electrons. The summed E-state index contributed by atoms with van der Waals surface area (Å²) in [6, 6.07) is 6.34. The number of ether oxygens (including phenoxy) is 1. The van der Waals surface area contributed by atoms with Gasteiger partial charge in [-0.3, -0.25) is 4.79 Å². The Hall–Kier alpha value is -1.57. The number of hydrogen-bond acceptors (Lipinski definition) is 2. The van der Waals surface area contributed by atoms with Crippen LogP contribution < -0.4 is 4.74 Å².